The molecule has 0 saturated carbocycles. The lowest BCUT2D eigenvalue weighted by Crippen LogP contribution is -2.39. The largest absolute Gasteiger partial charge is 0.508 e. The zero-order valence-corrected chi connectivity index (χ0v) is 11.9. The van der Waals surface area contributed by atoms with Crippen molar-refractivity contribution in [3.63, 3.8) is 0 Å². The van der Waals surface area contributed by atoms with E-state index in [0.717, 1.165) is 10.8 Å². The maximum atomic E-state index is 12.1. The number of amides is 1. The van der Waals surface area contributed by atoms with Crippen molar-refractivity contribution in [1.82, 2.24) is 9.88 Å². The molecule has 2 N–H and O–H groups in total. The molecule has 1 amide bonds. The van der Waals surface area contributed by atoms with Gasteiger partial charge in [-0.1, -0.05) is 6.07 Å². The van der Waals surface area contributed by atoms with Crippen molar-refractivity contribution in [1.29, 1.82) is 0 Å². The molecule has 2 aromatic rings. The fourth-order valence-corrected chi connectivity index (χ4v) is 2.02. The van der Waals surface area contributed by atoms with Crippen molar-refractivity contribution >= 4 is 22.5 Å². The van der Waals surface area contributed by atoms with E-state index in [1.807, 2.05) is 19.1 Å². The van der Waals surface area contributed by atoms with Gasteiger partial charge in [0.25, 0.3) is 0 Å². The van der Waals surface area contributed by atoms with Gasteiger partial charge in [0.1, 0.15) is 17.6 Å². The van der Waals surface area contributed by atoms with Crippen molar-refractivity contribution in [2.75, 3.05) is 18.9 Å². The number of likely N-dealkylation sites (N-methyl/N-ethyl adjacent to an activating group) is 1. The number of phenols is 1. The molecule has 1 unspecified atom stereocenters. The average molecular weight is 273 g/mol. The first-order valence-electron chi connectivity index (χ1n) is 6.62. The summed E-state index contributed by atoms with van der Waals surface area (Å²) in [5, 5.41) is 14.5. The molecule has 0 aliphatic rings. The molecule has 5 nitrogen and oxygen atoms in total. The van der Waals surface area contributed by atoms with Gasteiger partial charge in [-0.25, -0.2) is 4.98 Å². The predicted octanol–water partition coefficient (Wildman–Crippen LogP) is 2.22. The summed E-state index contributed by atoms with van der Waals surface area (Å²) < 4.78 is 0. The molecular formula is C15H19N3O2. The molecule has 20 heavy (non-hydrogen) atoms. The van der Waals surface area contributed by atoms with E-state index in [1.165, 1.54) is 0 Å². The van der Waals surface area contributed by atoms with Crippen LogP contribution in [0.2, 0.25) is 0 Å². The first-order valence-corrected chi connectivity index (χ1v) is 6.62. The van der Waals surface area contributed by atoms with Gasteiger partial charge < -0.3 is 15.3 Å². The number of fused-ring (bicyclic) bond motifs is 1. The Hall–Kier alpha value is -2.30. The van der Waals surface area contributed by atoms with Crippen LogP contribution in [-0.2, 0) is 4.79 Å². The molecule has 0 radical (unpaired) electrons. The Bertz CT molecular complexity index is 628. The number of aromatic nitrogens is 1. The molecule has 1 aromatic carbocycles. The summed E-state index contributed by atoms with van der Waals surface area (Å²) in [4.78, 5) is 18.0. The zero-order valence-electron chi connectivity index (χ0n) is 11.9. The van der Waals surface area contributed by atoms with Crippen LogP contribution in [0.4, 0.5) is 5.82 Å². The number of nitrogens with zero attached hydrogens (tertiary/aromatic N) is 2. The van der Waals surface area contributed by atoms with Gasteiger partial charge in [0, 0.05) is 25.2 Å². The van der Waals surface area contributed by atoms with E-state index in [0.29, 0.717) is 12.4 Å². The summed E-state index contributed by atoms with van der Waals surface area (Å²) in [5.74, 6) is 0.786. The van der Waals surface area contributed by atoms with E-state index in [2.05, 4.69) is 10.3 Å². The second kappa shape index (κ2) is 5.77. The number of hydrogen-bond acceptors (Lipinski definition) is 4. The van der Waals surface area contributed by atoms with Crippen LogP contribution >= 0.6 is 0 Å². The fourth-order valence-electron chi connectivity index (χ4n) is 2.02. The number of anilines is 1. The van der Waals surface area contributed by atoms with Gasteiger partial charge in [0.2, 0.25) is 5.91 Å². The van der Waals surface area contributed by atoms with E-state index in [-0.39, 0.29) is 17.7 Å². The van der Waals surface area contributed by atoms with Crippen molar-refractivity contribution < 1.29 is 9.90 Å². The number of hydrogen-bond donors (Lipinski definition) is 2. The van der Waals surface area contributed by atoms with Crippen LogP contribution in [0.15, 0.2) is 30.5 Å². The van der Waals surface area contributed by atoms with Crippen LogP contribution in [0.1, 0.15) is 13.8 Å². The lowest BCUT2D eigenvalue weighted by atomic mass is 10.1. The topological polar surface area (TPSA) is 65.5 Å². The molecule has 1 heterocycles. The SMILES string of the molecule is CCN(C)C(=O)C(C)Nc1nccc2ccc(O)cc12. The van der Waals surface area contributed by atoms with E-state index >= 15 is 0 Å². The molecule has 1 atom stereocenters. The minimum Gasteiger partial charge on any atom is -0.508 e. The number of benzene rings is 1. The number of carbonyl (C=O) groups excluding carboxylic acids is 1. The van der Waals surface area contributed by atoms with Crippen molar-refractivity contribution in [3.05, 3.63) is 30.5 Å². The quantitative estimate of drug-likeness (QED) is 0.896. The molecule has 2 rings (SSSR count). The van der Waals surface area contributed by atoms with Gasteiger partial charge >= 0.3 is 0 Å². The monoisotopic (exact) mass is 273 g/mol. The summed E-state index contributed by atoms with van der Waals surface area (Å²) >= 11 is 0. The van der Waals surface area contributed by atoms with E-state index in [9.17, 15) is 9.90 Å². The molecule has 0 aliphatic heterocycles. The fraction of sp³-hybridized carbons (Fsp3) is 0.333. The third-order valence-corrected chi connectivity index (χ3v) is 3.32. The summed E-state index contributed by atoms with van der Waals surface area (Å²) in [6, 6.07) is 6.59. The smallest absolute Gasteiger partial charge is 0.244 e. The summed E-state index contributed by atoms with van der Waals surface area (Å²) in [6.45, 7) is 4.39. The summed E-state index contributed by atoms with van der Waals surface area (Å²) in [7, 11) is 1.77. The lowest BCUT2D eigenvalue weighted by molar-refractivity contribution is -0.130. The van der Waals surface area contributed by atoms with Crippen molar-refractivity contribution in [2.45, 2.75) is 19.9 Å². The maximum Gasteiger partial charge on any atom is 0.244 e. The van der Waals surface area contributed by atoms with Gasteiger partial charge in [-0.3, -0.25) is 4.79 Å². The van der Waals surface area contributed by atoms with E-state index < -0.39 is 0 Å². The molecule has 0 spiro atoms. The van der Waals surface area contributed by atoms with Crippen LogP contribution in [0, 0.1) is 0 Å². The molecule has 5 heteroatoms. The standard InChI is InChI=1S/C15H19N3O2/c1-4-18(3)15(20)10(2)17-14-13-9-12(19)6-5-11(13)7-8-16-14/h5-10,19H,4H2,1-3H3,(H,16,17). The Morgan fingerprint density at radius 2 is 2.20 bits per heavy atom. The molecule has 0 bridgehead atoms. The Kier molecular flexibility index (Phi) is 4.08. The zero-order chi connectivity index (χ0) is 14.7. The molecule has 0 saturated heterocycles. The highest BCUT2D eigenvalue weighted by Gasteiger charge is 2.17. The highest BCUT2D eigenvalue weighted by atomic mass is 16.3. The maximum absolute atomic E-state index is 12.1. The van der Waals surface area contributed by atoms with Crippen LogP contribution in [0.25, 0.3) is 10.8 Å². The van der Waals surface area contributed by atoms with Crippen LogP contribution in [-0.4, -0.2) is 40.5 Å². The van der Waals surface area contributed by atoms with Crippen LogP contribution < -0.4 is 5.32 Å². The molecule has 0 aliphatic carbocycles. The highest BCUT2D eigenvalue weighted by molar-refractivity contribution is 5.94. The first kappa shape index (κ1) is 14.1. The molecule has 0 fully saturated rings. The molecule has 1 aromatic heterocycles. The first-order chi connectivity index (χ1) is 9.52. The third-order valence-electron chi connectivity index (χ3n) is 3.32. The van der Waals surface area contributed by atoms with Gasteiger partial charge in [-0.05, 0) is 37.4 Å². The van der Waals surface area contributed by atoms with Gasteiger partial charge in [0.15, 0.2) is 0 Å². The van der Waals surface area contributed by atoms with Crippen molar-refractivity contribution in [3.8, 4) is 5.75 Å². The van der Waals surface area contributed by atoms with Crippen LogP contribution in [0.5, 0.6) is 5.75 Å². The van der Waals surface area contributed by atoms with Gasteiger partial charge in [-0.15, -0.1) is 0 Å². The minimum absolute atomic E-state index is 0.00598. The number of aromatic hydroxyl groups is 1. The highest BCUT2D eigenvalue weighted by Crippen LogP contribution is 2.25. The molecule has 106 valence electrons. The minimum atomic E-state index is -0.375. The number of rotatable bonds is 4. The Morgan fingerprint density at radius 1 is 1.45 bits per heavy atom. The normalized spacial score (nSPS) is 12.2. The van der Waals surface area contributed by atoms with E-state index in [4.69, 9.17) is 0 Å². The summed E-state index contributed by atoms with van der Waals surface area (Å²) in [6.07, 6.45) is 1.68. The Labute approximate surface area is 118 Å². The van der Waals surface area contributed by atoms with E-state index in [1.54, 1.807) is 37.2 Å². The second-order valence-corrected chi connectivity index (χ2v) is 4.78. The van der Waals surface area contributed by atoms with Crippen LogP contribution in [0.3, 0.4) is 0 Å². The number of phenolic OH excluding ortho intramolecular Hbond substituents is 1. The predicted molar refractivity (Wildman–Crippen MR) is 79.8 cm³/mol. The Morgan fingerprint density at radius 3 is 2.90 bits per heavy atom. The molecular weight excluding hydrogens is 254 g/mol. The number of pyridine rings is 1. The lowest BCUT2D eigenvalue weighted by Gasteiger charge is -2.21. The number of carbonyl (C=O) groups is 1. The second-order valence-electron chi connectivity index (χ2n) is 4.78. The summed E-state index contributed by atoms with van der Waals surface area (Å²) in [5.41, 5.74) is 0. The number of nitrogens with one attached hydrogen (secondary N) is 1. The van der Waals surface area contributed by atoms with Crippen molar-refractivity contribution in [2.24, 2.45) is 0 Å². The Balaban J connectivity index is 2.29. The van der Waals surface area contributed by atoms with Gasteiger partial charge in [0.05, 0.1) is 0 Å². The third kappa shape index (κ3) is 2.82. The average Bonchev–Trinajstić information content (AvgIpc) is 2.46. The van der Waals surface area contributed by atoms with Gasteiger partial charge in [-0.2, -0.15) is 0 Å².